The second-order valence-corrected chi connectivity index (χ2v) is 7.94. The molecule has 1 N–H and O–H groups in total. The molecular weight excluding hydrogens is 390 g/mol. The van der Waals surface area contributed by atoms with Crippen molar-refractivity contribution in [3.05, 3.63) is 52.3 Å². The molecule has 1 aliphatic heterocycles. The van der Waals surface area contributed by atoms with Crippen LogP contribution in [0, 0.1) is 5.82 Å². The van der Waals surface area contributed by atoms with Crippen LogP contribution in [0.2, 0.25) is 10.0 Å². The summed E-state index contributed by atoms with van der Waals surface area (Å²) in [5, 5.41) is 0.197. The predicted octanol–water partition coefficient (Wildman–Crippen LogP) is 3.77. The highest BCUT2D eigenvalue weighted by Gasteiger charge is 2.22. The van der Waals surface area contributed by atoms with Crippen LogP contribution in [-0.4, -0.2) is 34.7 Å². The van der Waals surface area contributed by atoms with E-state index in [0.717, 1.165) is 18.2 Å². The normalized spacial score (nSPS) is 15.2. The number of ether oxygens (including phenoxy) is 1. The van der Waals surface area contributed by atoms with Gasteiger partial charge in [-0.15, -0.1) is 0 Å². The van der Waals surface area contributed by atoms with Crippen LogP contribution in [0.15, 0.2) is 41.3 Å². The summed E-state index contributed by atoms with van der Waals surface area (Å²) in [6.07, 6.45) is 0. The van der Waals surface area contributed by atoms with Crippen molar-refractivity contribution in [1.29, 1.82) is 0 Å². The first-order valence-corrected chi connectivity index (χ1v) is 9.71. The van der Waals surface area contributed by atoms with Crippen molar-refractivity contribution in [1.82, 2.24) is 0 Å². The van der Waals surface area contributed by atoms with Gasteiger partial charge in [0.1, 0.15) is 10.7 Å². The summed E-state index contributed by atoms with van der Waals surface area (Å²) in [6.45, 7) is 2.37. The molecule has 0 spiro atoms. The average Bonchev–Trinajstić information content (AvgIpc) is 2.55. The van der Waals surface area contributed by atoms with E-state index in [9.17, 15) is 12.8 Å². The Morgan fingerprint density at radius 3 is 2.48 bits per heavy atom. The molecule has 1 heterocycles. The fourth-order valence-corrected chi connectivity index (χ4v) is 4.33. The number of benzene rings is 2. The second kappa shape index (κ2) is 7.37. The van der Waals surface area contributed by atoms with Crippen molar-refractivity contribution >= 4 is 44.6 Å². The van der Waals surface area contributed by atoms with E-state index in [4.69, 9.17) is 27.9 Å². The van der Waals surface area contributed by atoms with Gasteiger partial charge in [0, 0.05) is 18.1 Å². The molecule has 25 heavy (non-hydrogen) atoms. The third-order valence-electron chi connectivity index (χ3n) is 3.74. The molecule has 134 valence electrons. The standard InChI is InChI=1S/C16H15Cl2FN2O3S/c17-11-1-3-15(21-5-7-24-8-6-21)14(9-11)20-25(22,23)16-4-2-12(19)10-13(16)18/h1-4,9-10,20H,5-8H2. The number of rotatable bonds is 4. The highest BCUT2D eigenvalue weighted by atomic mass is 35.5. The quantitative estimate of drug-likeness (QED) is 0.842. The Morgan fingerprint density at radius 1 is 1.08 bits per heavy atom. The summed E-state index contributed by atoms with van der Waals surface area (Å²) < 4.78 is 46.4. The molecule has 0 radical (unpaired) electrons. The Hall–Kier alpha value is -1.54. The number of halogens is 3. The number of hydrogen-bond donors (Lipinski definition) is 1. The Balaban J connectivity index is 1.97. The number of morpholine rings is 1. The van der Waals surface area contributed by atoms with Crippen molar-refractivity contribution < 1.29 is 17.5 Å². The molecule has 2 aromatic rings. The van der Waals surface area contributed by atoms with E-state index >= 15 is 0 Å². The van der Waals surface area contributed by atoms with Gasteiger partial charge in [-0.3, -0.25) is 4.72 Å². The number of sulfonamides is 1. The molecule has 1 aliphatic rings. The van der Waals surface area contributed by atoms with Crippen molar-refractivity contribution in [3.8, 4) is 0 Å². The van der Waals surface area contributed by atoms with Gasteiger partial charge >= 0.3 is 0 Å². The first-order valence-electron chi connectivity index (χ1n) is 7.47. The third kappa shape index (κ3) is 4.17. The largest absolute Gasteiger partial charge is 0.378 e. The molecule has 9 heteroatoms. The molecule has 0 saturated carbocycles. The van der Waals surface area contributed by atoms with E-state index in [1.165, 1.54) is 6.07 Å². The van der Waals surface area contributed by atoms with Crippen LogP contribution in [0.4, 0.5) is 15.8 Å². The first-order chi connectivity index (χ1) is 11.9. The minimum absolute atomic E-state index is 0.192. The highest BCUT2D eigenvalue weighted by molar-refractivity contribution is 7.92. The van der Waals surface area contributed by atoms with Crippen LogP contribution in [-0.2, 0) is 14.8 Å². The van der Waals surface area contributed by atoms with Gasteiger partial charge < -0.3 is 9.64 Å². The summed E-state index contributed by atoms with van der Waals surface area (Å²) in [7, 11) is -4.00. The van der Waals surface area contributed by atoms with Crippen LogP contribution in [0.1, 0.15) is 0 Å². The zero-order chi connectivity index (χ0) is 18.0. The molecule has 0 bridgehead atoms. The molecule has 5 nitrogen and oxygen atoms in total. The number of nitrogens with one attached hydrogen (secondary N) is 1. The van der Waals surface area contributed by atoms with Gasteiger partial charge in [-0.2, -0.15) is 0 Å². The molecule has 1 saturated heterocycles. The summed E-state index contributed by atoms with van der Waals surface area (Å²) in [5.74, 6) is -0.610. The molecule has 0 aromatic heterocycles. The fraction of sp³-hybridized carbons (Fsp3) is 0.250. The summed E-state index contributed by atoms with van der Waals surface area (Å²) in [5.41, 5.74) is 1.02. The Kier molecular flexibility index (Phi) is 5.38. The Bertz CT molecular complexity index is 887. The van der Waals surface area contributed by atoms with Crippen LogP contribution in [0.25, 0.3) is 0 Å². The average molecular weight is 405 g/mol. The van der Waals surface area contributed by atoms with Gasteiger partial charge in [0.2, 0.25) is 0 Å². The van der Waals surface area contributed by atoms with E-state index in [1.54, 1.807) is 12.1 Å². The molecule has 0 aliphatic carbocycles. The minimum atomic E-state index is -4.00. The van der Waals surface area contributed by atoms with Crippen molar-refractivity contribution in [2.75, 3.05) is 35.9 Å². The lowest BCUT2D eigenvalue weighted by Crippen LogP contribution is -2.36. The lowest BCUT2D eigenvalue weighted by molar-refractivity contribution is 0.123. The second-order valence-electron chi connectivity index (χ2n) is 5.44. The van der Waals surface area contributed by atoms with E-state index in [0.29, 0.717) is 42.7 Å². The van der Waals surface area contributed by atoms with E-state index in [2.05, 4.69) is 4.72 Å². The van der Waals surface area contributed by atoms with E-state index in [1.807, 2.05) is 4.90 Å². The monoisotopic (exact) mass is 404 g/mol. The molecular formula is C16H15Cl2FN2O3S. The lowest BCUT2D eigenvalue weighted by atomic mass is 10.2. The summed E-state index contributed by atoms with van der Waals surface area (Å²) >= 11 is 11.9. The van der Waals surface area contributed by atoms with E-state index < -0.39 is 15.8 Å². The molecule has 0 amide bonds. The highest BCUT2D eigenvalue weighted by Crippen LogP contribution is 2.33. The zero-order valence-corrected chi connectivity index (χ0v) is 15.3. The van der Waals surface area contributed by atoms with Crippen molar-refractivity contribution in [2.24, 2.45) is 0 Å². The lowest BCUT2D eigenvalue weighted by Gasteiger charge is -2.30. The number of anilines is 2. The maximum absolute atomic E-state index is 13.2. The fourth-order valence-electron chi connectivity index (χ4n) is 2.56. The predicted molar refractivity (Wildman–Crippen MR) is 96.7 cm³/mol. The first kappa shape index (κ1) is 18.3. The zero-order valence-electron chi connectivity index (χ0n) is 13.0. The minimum Gasteiger partial charge on any atom is -0.378 e. The van der Waals surface area contributed by atoms with Crippen LogP contribution >= 0.6 is 23.2 Å². The van der Waals surface area contributed by atoms with Gasteiger partial charge in [0.05, 0.1) is 29.6 Å². The van der Waals surface area contributed by atoms with Crippen LogP contribution < -0.4 is 9.62 Å². The summed E-state index contributed by atoms with van der Waals surface area (Å²) in [6, 6.07) is 8.09. The van der Waals surface area contributed by atoms with Crippen molar-refractivity contribution in [2.45, 2.75) is 4.90 Å². The smallest absolute Gasteiger partial charge is 0.263 e. The van der Waals surface area contributed by atoms with Gasteiger partial charge in [-0.05, 0) is 36.4 Å². The van der Waals surface area contributed by atoms with Crippen LogP contribution in [0.3, 0.4) is 0 Å². The summed E-state index contributed by atoms with van der Waals surface area (Å²) in [4.78, 5) is 1.80. The van der Waals surface area contributed by atoms with Crippen LogP contribution in [0.5, 0.6) is 0 Å². The van der Waals surface area contributed by atoms with E-state index in [-0.39, 0.29) is 9.92 Å². The topological polar surface area (TPSA) is 58.6 Å². The maximum atomic E-state index is 13.2. The Labute approximate surface area is 155 Å². The van der Waals surface area contributed by atoms with Gasteiger partial charge in [-0.1, -0.05) is 23.2 Å². The molecule has 0 atom stereocenters. The van der Waals surface area contributed by atoms with Gasteiger partial charge in [0.25, 0.3) is 10.0 Å². The van der Waals surface area contributed by atoms with Crippen molar-refractivity contribution in [3.63, 3.8) is 0 Å². The molecule has 2 aromatic carbocycles. The SMILES string of the molecule is O=S(=O)(Nc1cc(Cl)ccc1N1CCOCC1)c1ccc(F)cc1Cl. The maximum Gasteiger partial charge on any atom is 0.263 e. The Morgan fingerprint density at radius 2 is 1.80 bits per heavy atom. The number of nitrogens with zero attached hydrogens (tertiary/aromatic N) is 1. The molecule has 3 rings (SSSR count). The van der Waals surface area contributed by atoms with Gasteiger partial charge in [0.15, 0.2) is 0 Å². The molecule has 0 unspecified atom stereocenters. The van der Waals surface area contributed by atoms with Gasteiger partial charge in [-0.25, -0.2) is 12.8 Å². The number of hydrogen-bond acceptors (Lipinski definition) is 4. The third-order valence-corrected chi connectivity index (χ3v) is 5.82. The molecule has 1 fully saturated rings.